The molecule has 1 aliphatic carbocycles. The molecule has 2 aliphatic rings. The predicted molar refractivity (Wildman–Crippen MR) is 75.6 cm³/mol. The number of hydrogen-bond acceptors (Lipinski definition) is 3. The minimum Gasteiger partial charge on any atom is -0.346 e. The molecule has 2 aromatic rings. The van der Waals surface area contributed by atoms with Crippen molar-refractivity contribution in [3.05, 3.63) is 29.9 Å². The van der Waals surface area contributed by atoms with Crippen molar-refractivity contribution in [2.45, 2.75) is 25.2 Å². The second-order valence-electron chi connectivity index (χ2n) is 5.15. The molecule has 0 aromatic carbocycles. The Balaban J connectivity index is 0.000000735. The molecule has 1 saturated carbocycles. The van der Waals surface area contributed by atoms with Gasteiger partial charge in [0.25, 0.3) is 0 Å². The molecule has 0 spiro atoms. The fourth-order valence-electron chi connectivity index (χ4n) is 2.78. The predicted octanol–water partition coefficient (Wildman–Crippen LogP) is 2.70. The third kappa shape index (κ3) is 1.56. The van der Waals surface area contributed by atoms with Gasteiger partial charge in [0.15, 0.2) is 0 Å². The summed E-state index contributed by atoms with van der Waals surface area (Å²) in [6, 6.07) is 0. The molecule has 4 heteroatoms. The Morgan fingerprint density at radius 1 is 1.28 bits per heavy atom. The zero-order chi connectivity index (χ0) is 11.9. The lowest BCUT2D eigenvalue weighted by Gasteiger charge is -2.14. The first-order valence-corrected chi connectivity index (χ1v) is 6.65. The van der Waals surface area contributed by atoms with Crippen LogP contribution in [0.5, 0.6) is 0 Å². The number of hydrogen-bond donors (Lipinski definition) is 2. The van der Waals surface area contributed by atoms with Gasteiger partial charge in [-0.05, 0) is 42.9 Å². The van der Waals surface area contributed by atoms with E-state index in [0.717, 1.165) is 36.8 Å². The molecule has 0 radical (unpaired) electrons. The lowest BCUT2D eigenvalue weighted by molar-refractivity contribution is 0.737. The van der Waals surface area contributed by atoms with Gasteiger partial charge in [-0.15, -0.1) is 0 Å². The quantitative estimate of drug-likeness (QED) is 0.854. The molecule has 0 bridgehead atoms. The normalized spacial score (nSPS) is 20.1. The first kappa shape index (κ1) is 10.3. The fraction of sp³-hybridized carbons (Fsp3) is 0.429. The van der Waals surface area contributed by atoms with Crippen LogP contribution in [0.4, 0.5) is 0 Å². The zero-order valence-corrected chi connectivity index (χ0v) is 10.2. The summed E-state index contributed by atoms with van der Waals surface area (Å²) in [4.78, 5) is 12.2. The van der Waals surface area contributed by atoms with E-state index in [2.05, 4.69) is 32.5 Å². The van der Waals surface area contributed by atoms with E-state index in [0.29, 0.717) is 0 Å². The summed E-state index contributed by atoms with van der Waals surface area (Å²) in [6.45, 7) is 1.99. The summed E-state index contributed by atoms with van der Waals surface area (Å²) in [7, 11) is 0. The minimum atomic E-state index is 0. The number of H-pyrrole nitrogens is 1. The van der Waals surface area contributed by atoms with Crippen molar-refractivity contribution < 1.29 is 2.85 Å². The van der Waals surface area contributed by atoms with Crippen LogP contribution in [0.25, 0.3) is 16.6 Å². The van der Waals surface area contributed by atoms with Gasteiger partial charge in [-0.3, -0.25) is 0 Å². The second kappa shape index (κ2) is 3.92. The van der Waals surface area contributed by atoms with Gasteiger partial charge in [-0.1, -0.05) is 6.08 Å². The van der Waals surface area contributed by atoms with Crippen LogP contribution in [0, 0.1) is 0 Å². The van der Waals surface area contributed by atoms with E-state index < -0.39 is 0 Å². The van der Waals surface area contributed by atoms with Gasteiger partial charge in [-0.25, -0.2) is 9.97 Å². The smallest absolute Gasteiger partial charge is 0.141 e. The Labute approximate surface area is 108 Å². The van der Waals surface area contributed by atoms with Crippen molar-refractivity contribution in [3.63, 3.8) is 0 Å². The van der Waals surface area contributed by atoms with Gasteiger partial charge in [0.2, 0.25) is 0 Å². The number of aromatic amines is 1. The molecule has 0 unspecified atom stereocenters. The highest BCUT2D eigenvalue weighted by molar-refractivity contribution is 5.91. The fourth-order valence-corrected chi connectivity index (χ4v) is 2.78. The summed E-state index contributed by atoms with van der Waals surface area (Å²) in [5.41, 5.74) is 4.91. The molecule has 1 aliphatic heterocycles. The van der Waals surface area contributed by atoms with Crippen molar-refractivity contribution in [2.24, 2.45) is 0 Å². The maximum Gasteiger partial charge on any atom is 0.141 e. The van der Waals surface area contributed by atoms with Gasteiger partial charge in [0.05, 0.1) is 5.69 Å². The van der Waals surface area contributed by atoms with Crippen LogP contribution in [0.15, 0.2) is 18.6 Å². The van der Waals surface area contributed by atoms with E-state index in [4.69, 9.17) is 0 Å². The van der Waals surface area contributed by atoms with E-state index in [-0.39, 0.29) is 2.85 Å². The van der Waals surface area contributed by atoms with Crippen LogP contribution in [-0.2, 0) is 0 Å². The summed E-state index contributed by atoms with van der Waals surface area (Å²) < 4.78 is 0. The van der Waals surface area contributed by atoms with Crippen LogP contribution < -0.4 is 5.32 Å². The number of fused-ring (bicyclic) bond motifs is 1. The molecule has 96 valence electrons. The van der Waals surface area contributed by atoms with Crippen LogP contribution in [0.3, 0.4) is 0 Å². The number of nitrogens with one attached hydrogen (secondary N) is 2. The van der Waals surface area contributed by atoms with E-state index in [1.54, 1.807) is 6.33 Å². The van der Waals surface area contributed by atoms with E-state index in [9.17, 15) is 0 Å². The van der Waals surface area contributed by atoms with Gasteiger partial charge < -0.3 is 10.3 Å². The molecule has 2 aromatic heterocycles. The standard InChI is InChI=1S/C14H16N4.2H2/c1-2-9(1)11-7-16-14-12(11)13(17-8-18-14)10-3-5-15-6-4-10;;/h3,7-9,15H,1-2,4-6H2,(H,16,17,18);2*1H. The molecule has 18 heavy (non-hydrogen) atoms. The van der Waals surface area contributed by atoms with Crippen LogP contribution in [0.1, 0.15) is 39.3 Å². The Morgan fingerprint density at radius 2 is 2.22 bits per heavy atom. The van der Waals surface area contributed by atoms with Gasteiger partial charge in [0.1, 0.15) is 12.0 Å². The maximum atomic E-state index is 4.55. The van der Waals surface area contributed by atoms with Crippen molar-refractivity contribution in [3.8, 4) is 0 Å². The van der Waals surface area contributed by atoms with E-state index in [1.165, 1.54) is 29.4 Å². The van der Waals surface area contributed by atoms with Crippen molar-refractivity contribution in [1.82, 2.24) is 20.3 Å². The lowest BCUT2D eigenvalue weighted by atomic mass is 10.0. The number of rotatable bonds is 2. The summed E-state index contributed by atoms with van der Waals surface area (Å²) >= 11 is 0. The zero-order valence-electron chi connectivity index (χ0n) is 10.2. The highest BCUT2D eigenvalue weighted by Crippen LogP contribution is 2.44. The van der Waals surface area contributed by atoms with Crippen molar-refractivity contribution in [1.29, 1.82) is 0 Å². The molecule has 0 saturated heterocycles. The maximum absolute atomic E-state index is 4.55. The van der Waals surface area contributed by atoms with Gasteiger partial charge >= 0.3 is 0 Å². The first-order valence-electron chi connectivity index (χ1n) is 6.65. The Kier molecular flexibility index (Phi) is 2.23. The molecule has 0 atom stereocenters. The first-order chi connectivity index (χ1) is 8.93. The highest BCUT2D eigenvalue weighted by atomic mass is 14.9. The molecule has 2 N–H and O–H groups in total. The molecule has 3 heterocycles. The monoisotopic (exact) mass is 244 g/mol. The molecule has 0 amide bonds. The lowest BCUT2D eigenvalue weighted by Crippen LogP contribution is -2.20. The topological polar surface area (TPSA) is 53.6 Å². The van der Waals surface area contributed by atoms with Gasteiger partial charge in [-0.2, -0.15) is 0 Å². The molecular formula is C14H20N4. The minimum absolute atomic E-state index is 0. The second-order valence-corrected chi connectivity index (χ2v) is 5.15. The largest absolute Gasteiger partial charge is 0.346 e. The highest BCUT2D eigenvalue weighted by Gasteiger charge is 2.28. The van der Waals surface area contributed by atoms with Crippen molar-refractivity contribution in [2.75, 3.05) is 13.1 Å². The third-order valence-electron chi connectivity index (χ3n) is 3.89. The SMILES string of the molecule is C1=C(c2ncnc3[nH]cc(C4CC4)c23)CCNC1.[HH].[HH]. The van der Waals surface area contributed by atoms with E-state index in [1.807, 2.05) is 0 Å². The van der Waals surface area contributed by atoms with E-state index >= 15 is 0 Å². The molecule has 4 nitrogen and oxygen atoms in total. The third-order valence-corrected chi connectivity index (χ3v) is 3.89. The number of nitrogens with zero attached hydrogens (tertiary/aromatic N) is 2. The van der Waals surface area contributed by atoms with Gasteiger partial charge in [0, 0.05) is 21.0 Å². The Morgan fingerprint density at radius 3 is 3.00 bits per heavy atom. The van der Waals surface area contributed by atoms with Crippen molar-refractivity contribution >= 4 is 16.6 Å². The Hall–Kier alpha value is -1.68. The summed E-state index contributed by atoms with van der Waals surface area (Å²) in [5.74, 6) is 0.728. The average Bonchev–Trinajstić information content (AvgIpc) is 3.19. The molecule has 1 fully saturated rings. The van der Waals surface area contributed by atoms with Crippen LogP contribution in [-0.4, -0.2) is 28.0 Å². The summed E-state index contributed by atoms with van der Waals surface area (Å²) in [6.07, 6.45) is 9.73. The molecule has 4 rings (SSSR count). The Bertz CT molecular complexity index is 631. The van der Waals surface area contributed by atoms with Crippen LogP contribution in [0.2, 0.25) is 0 Å². The van der Waals surface area contributed by atoms with Crippen LogP contribution >= 0.6 is 0 Å². The molecular weight excluding hydrogens is 224 g/mol. The average molecular weight is 244 g/mol. The summed E-state index contributed by atoms with van der Waals surface area (Å²) in [5, 5.41) is 4.61. The number of aromatic nitrogens is 3.